The van der Waals surface area contributed by atoms with Gasteiger partial charge in [0.05, 0.1) is 11.5 Å². The molecule has 1 aromatic heterocycles. The summed E-state index contributed by atoms with van der Waals surface area (Å²) < 4.78 is 4.89. The van der Waals surface area contributed by atoms with Crippen molar-refractivity contribution in [2.24, 2.45) is 5.41 Å². The van der Waals surface area contributed by atoms with Gasteiger partial charge in [-0.15, -0.1) is 11.3 Å². The van der Waals surface area contributed by atoms with Crippen LogP contribution in [0.5, 0.6) is 0 Å². The number of Topliss-reactive ketones (excluding diaryl/α,β-unsaturated/α-hetero) is 1. The van der Waals surface area contributed by atoms with Gasteiger partial charge in [0.15, 0.2) is 5.78 Å². The van der Waals surface area contributed by atoms with Gasteiger partial charge >= 0.3 is 5.97 Å². The highest BCUT2D eigenvalue weighted by Gasteiger charge is 2.28. The third-order valence-corrected chi connectivity index (χ3v) is 3.87. The van der Waals surface area contributed by atoms with Gasteiger partial charge in [-0.2, -0.15) is 0 Å². The molecular formula is C13H18O3S. The molecule has 0 aromatic carbocycles. The Labute approximate surface area is 106 Å². The van der Waals surface area contributed by atoms with E-state index in [0.717, 1.165) is 6.42 Å². The zero-order valence-electron chi connectivity index (χ0n) is 10.7. The predicted octanol–water partition coefficient (Wildman–Crippen LogP) is 3.54. The Balaban J connectivity index is 2.88. The van der Waals surface area contributed by atoms with E-state index >= 15 is 0 Å². The van der Waals surface area contributed by atoms with Crippen molar-refractivity contribution < 1.29 is 14.3 Å². The normalized spacial score (nSPS) is 11.3. The lowest BCUT2D eigenvalue weighted by Crippen LogP contribution is -2.22. The number of thiophene rings is 1. The first-order valence-corrected chi connectivity index (χ1v) is 6.55. The molecule has 94 valence electrons. The molecule has 17 heavy (non-hydrogen) atoms. The molecule has 0 amide bonds. The van der Waals surface area contributed by atoms with Crippen molar-refractivity contribution >= 4 is 23.1 Å². The van der Waals surface area contributed by atoms with Crippen LogP contribution >= 0.6 is 11.3 Å². The topological polar surface area (TPSA) is 43.4 Å². The number of ketones is 1. The summed E-state index contributed by atoms with van der Waals surface area (Å²) in [5.41, 5.74) is -0.378. The minimum Gasteiger partial charge on any atom is -0.462 e. The smallest absolute Gasteiger partial charge is 0.348 e. The van der Waals surface area contributed by atoms with E-state index in [1.54, 1.807) is 19.1 Å². The lowest BCUT2D eigenvalue weighted by Gasteiger charge is -2.19. The average Bonchev–Trinajstić information content (AvgIpc) is 2.77. The first kappa shape index (κ1) is 13.9. The van der Waals surface area contributed by atoms with Crippen LogP contribution < -0.4 is 0 Å². The molecule has 0 aliphatic carbocycles. The van der Waals surface area contributed by atoms with Crippen LogP contribution in [0.15, 0.2) is 12.1 Å². The predicted molar refractivity (Wildman–Crippen MR) is 68.7 cm³/mol. The van der Waals surface area contributed by atoms with Gasteiger partial charge in [-0.05, 0) is 25.5 Å². The van der Waals surface area contributed by atoms with E-state index in [1.165, 1.54) is 11.3 Å². The average molecular weight is 254 g/mol. The minimum absolute atomic E-state index is 0.0838. The number of carbonyl (C=O) groups excluding carboxylic acids is 2. The number of hydrogen-bond acceptors (Lipinski definition) is 4. The van der Waals surface area contributed by atoms with E-state index in [0.29, 0.717) is 16.4 Å². The van der Waals surface area contributed by atoms with Crippen molar-refractivity contribution in [1.29, 1.82) is 0 Å². The van der Waals surface area contributed by atoms with Gasteiger partial charge < -0.3 is 4.74 Å². The van der Waals surface area contributed by atoms with Crippen molar-refractivity contribution in [2.75, 3.05) is 6.61 Å². The van der Waals surface area contributed by atoms with Crippen molar-refractivity contribution in [3.05, 3.63) is 21.9 Å². The second-order valence-electron chi connectivity index (χ2n) is 4.45. The Kier molecular flexibility index (Phi) is 4.46. The molecule has 0 radical (unpaired) electrons. The van der Waals surface area contributed by atoms with Crippen LogP contribution in [0.25, 0.3) is 0 Å². The summed E-state index contributed by atoms with van der Waals surface area (Å²) in [6, 6.07) is 3.36. The summed E-state index contributed by atoms with van der Waals surface area (Å²) in [5.74, 6) is -0.272. The molecule has 0 saturated carbocycles. The Bertz CT molecular complexity index is 418. The molecule has 0 bridgehead atoms. The molecule has 3 nitrogen and oxygen atoms in total. The van der Waals surface area contributed by atoms with Crippen molar-refractivity contribution in [3.8, 4) is 0 Å². The molecule has 0 aliphatic heterocycles. The van der Waals surface area contributed by atoms with Crippen LogP contribution in [-0.2, 0) is 4.74 Å². The van der Waals surface area contributed by atoms with E-state index < -0.39 is 0 Å². The van der Waals surface area contributed by atoms with Crippen molar-refractivity contribution in [2.45, 2.75) is 34.1 Å². The molecule has 4 heteroatoms. The van der Waals surface area contributed by atoms with Gasteiger partial charge in [-0.1, -0.05) is 20.8 Å². The van der Waals surface area contributed by atoms with E-state index in [9.17, 15) is 9.59 Å². The molecule has 1 heterocycles. The fraction of sp³-hybridized carbons (Fsp3) is 0.538. The van der Waals surface area contributed by atoms with Gasteiger partial charge in [-0.3, -0.25) is 4.79 Å². The third-order valence-electron chi connectivity index (χ3n) is 2.80. The Morgan fingerprint density at radius 2 is 1.82 bits per heavy atom. The van der Waals surface area contributed by atoms with E-state index in [1.807, 2.05) is 20.8 Å². The molecule has 0 spiro atoms. The van der Waals surface area contributed by atoms with Crippen LogP contribution in [0.1, 0.15) is 53.5 Å². The summed E-state index contributed by atoms with van der Waals surface area (Å²) in [5, 5.41) is 0. The van der Waals surface area contributed by atoms with Gasteiger partial charge in [0.1, 0.15) is 4.88 Å². The van der Waals surface area contributed by atoms with Gasteiger partial charge in [0, 0.05) is 5.41 Å². The highest BCUT2D eigenvalue weighted by atomic mass is 32.1. The number of hydrogen-bond donors (Lipinski definition) is 0. The number of rotatable bonds is 5. The lowest BCUT2D eigenvalue weighted by molar-refractivity contribution is 0.0532. The van der Waals surface area contributed by atoms with Crippen LogP contribution in [-0.4, -0.2) is 18.4 Å². The first-order valence-electron chi connectivity index (χ1n) is 5.74. The Morgan fingerprint density at radius 3 is 2.35 bits per heavy atom. The summed E-state index contributed by atoms with van der Waals surface area (Å²) in [7, 11) is 0. The summed E-state index contributed by atoms with van der Waals surface area (Å²) in [4.78, 5) is 24.7. The summed E-state index contributed by atoms with van der Waals surface area (Å²) in [6.07, 6.45) is 0.776. The molecule has 1 aromatic rings. The van der Waals surface area contributed by atoms with Gasteiger partial charge in [0.2, 0.25) is 0 Å². The zero-order chi connectivity index (χ0) is 13.1. The maximum Gasteiger partial charge on any atom is 0.348 e. The monoisotopic (exact) mass is 254 g/mol. The first-order chi connectivity index (χ1) is 7.92. The molecule has 0 N–H and O–H groups in total. The molecule has 0 atom stereocenters. The quantitative estimate of drug-likeness (QED) is 0.596. The SMILES string of the molecule is CCOC(=O)c1ccc(C(=O)C(C)(C)CC)s1. The summed E-state index contributed by atoms with van der Waals surface area (Å²) >= 11 is 1.21. The van der Waals surface area contributed by atoms with E-state index in [4.69, 9.17) is 4.74 Å². The fourth-order valence-corrected chi connectivity index (χ4v) is 2.29. The maximum absolute atomic E-state index is 12.1. The van der Waals surface area contributed by atoms with Crippen LogP contribution in [0.2, 0.25) is 0 Å². The largest absolute Gasteiger partial charge is 0.462 e. The molecule has 0 unspecified atom stereocenters. The zero-order valence-corrected chi connectivity index (χ0v) is 11.5. The van der Waals surface area contributed by atoms with Crippen LogP contribution in [0, 0.1) is 5.41 Å². The number of ether oxygens (including phenoxy) is 1. The molecule has 0 fully saturated rings. The second kappa shape index (κ2) is 5.45. The minimum atomic E-state index is -0.378. The Morgan fingerprint density at radius 1 is 1.24 bits per heavy atom. The third kappa shape index (κ3) is 3.16. The Hall–Kier alpha value is -1.16. The fourth-order valence-electron chi connectivity index (χ4n) is 1.27. The summed E-state index contributed by atoms with van der Waals surface area (Å²) in [6.45, 7) is 7.92. The molecule has 1 rings (SSSR count). The second-order valence-corrected chi connectivity index (χ2v) is 5.53. The van der Waals surface area contributed by atoms with Crippen molar-refractivity contribution in [1.82, 2.24) is 0 Å². The van der Waals surface area contributed by atoms with E-state index in [-0.39, 0.29) is 17.2 Å². The van der Waals surface area contributed by atoms with Crippen LogP contribution in [0.4, 0.5) is 0 Å². The standard InChI is InChI=1S/C13H18O3S/c1-5-13(3,4)11(14)9-7-8-10(17-9)12(15)16-6-2/h7-8H,5-6H2,1-4H3. The number of esters is 1. The maximum atomic E-state index is 12.1. The van der Waals surface area contributed by atoms with Crippen molar-refractivity contribution in [3.63, 3.8) is 0 Å². The van der Waals surface area contributed by atoms with Gasteiger partial charge in [-0.25, -0.2) is 4.79 Å². The molecule has 0 saturated heterocycles. The highest BCUT2D eigenvalue weighted by molar-refractivity contribution is 7.15. The molecule has 0 aliphatic rings. The van der Waals surface area contributed by atoms with Gasteiger partial charge in [0.25, 0.3) is 0 Å². The highest BCUT2D eigenvalue weighted by Crippen LogP contribution is 2.29. The number of carbonyl (C=O) groups is 2. The van der Waals surface area contributed by atoms with E-state index in [2.05, 4.69) is 0 Å². The molecular weight excluding hydrogens is 236 g/mol. The van der Waals surface area contributed by atoms with Crippen LogP contribution in [0.3, 0.4) is 0 Å². The lowest BCUT2D eigenvalue weighted by atomic mass is 9.85.